The normalized spacial score (nSPS) is 40.4. The number of rotatable bonds is 6. The van der Waals surface area contributed by atoms with E-state index in [2.05, 4.69) is 54.5 Å². The molecule has 5 rings (SSSR count). The van der Waals surface area contributed by atoms with E-state index in [0.29, 0.717) is 28.1 Å². The van der Waals surface area contributed by atoms with Gasteiger partial charge in [0.1, 0.15) is 11.9 Å². The lowest BCUT2D eigenvalue weighted by Crippen LogP contribution is -2.60. The summed E-state index contributed by atoms with van der Waals surface area (Å²) in [6, 6.07) is 5.70. The van der Waals surface area contributed by atoms with Gasteiger partial charge in [0.05, 0.1) is 5.69 Å². The lowest BCUT2D eigenvalue weighted by Gasteiger charge is -2.65. The highest BCUT2D eigenvalue weighted by Crippen LogP contribution is 2.70. The second-order valence-electron chi connectivity index (χ2n) is 15.3. The Morgan fingerprint density at radius 1 is 0.947 bits per heavy atom. The first-order chi connectivity index (χ1) is 17.9. The third kappa shape index (κ3) is 4.58. The average Bonchev–Trinajstić information content (AvgIpc) is 3.19. The summed E-state index contributed by atoms with van der Waals surface area (Å²) in [5.74, 6) is 5.99. The highest BCUT2D eigenvalue weighted by molar-refractivity contribution is 5.60. The topological polar surface area (TPSA) is 61.3 Å². The van der Waals surface area contributed by atoms with Crippen molar-refractivity contribution in [3.05, 3.63) is 29.8 Å². The molecule has 0 bridgehead atoms. The highest BCUT2D eigenvalue weighted by Gasteiger charge is 2.63. The van der Waals surface area contributed by atoms with E-state index in [1.54, 1.807) is 0 Å². The van der Waals surface area contributed by atoms with Gasteiger partial charge in [-0.3, -0.25) is 0 Å². The monoisotopic (exact) mass is 520 g/mol. The van der Waals surface area contributed by atoms with Gasteiger partial charge in [-0.05, 0) is 143 Å². The lowest BCUT2D eigenvalue weighted by molar-refractivity contribution is -0.174. The van der Waals surface area contributed by atoms with Crippen molar-refractivity contribution in [2.45, 2.75) is 119 Å². The van der Waals surface area contributed by atoms with Crippen LogP contribution in [-0.4, -0.2) is 6.10 Å². The average molecular weight is 521 g/mol. The minimum absolute atomic E-state index is 0.129. The molecular weight excluding hydrogens is 464 g/mol. The van der Waals surface area contributed by atoms with Crippen molar-refractivity contribution < 1.29 is 4.74 Å². The quantitative estimate of drug-likeness (QED) is 0.290. The van der Waals surface area contributed by atoms with Gasteiger partial charge in [0.15, 0.2) is 0 Å². The second kappa shape index (κ2) is 10.1. The Morgan fingerprint density at radius 3 is 2.37 bits per heavy atom. The molecule has 0 heterocycles. The van der Waals surface area contributed by atoms with Crippen LogP contribution < -0.4 is 16.2 Å². The van der Waals surface area contributed by atoms with Gasteiger partial charge < -0.3 is 16.2 Å². The van der Waals surface area contributed by atoms with Gasteiger partial charge in [-0.2, -0.15) is 0 Å². The predicted octanol–water partition coefficient (Wildman–Crippen LogP) is 9.28. The van der Waals surface area contributed by atoms with Crippen LogP contribution in [-0.2, 0) is 0 Å². The van der Waals surface area contributed by atoms with Crippen molar-refractivity contribution in [2.75, 3.05) is 11.5 Å². The molecule has 9 unspecified atom stereocenters. The van der Waals surface area contributed by atoms with Crippen LogP contribution in [0.5, 0.6) is 5.75 Å². The molecule has 3 nitrogen and oxygen atoms in total. The molecule has 0 aromatic heterocycles. The third-order valence-electron chi connectivity index (χ3n) is 12.8. The number of benzene rings is 1. The molecule has 4 aliphatic rings. The van der Waals surface area contributed by atoms with E-state index in [1.807, 2.05) is 18.2 Å². The smallest absolute Gasteiger partial charge is 0.142 e. The van der Waals surface area contributed by atoms with E-state index in [4.69, 9.17) is 16.2 Å². The minimum atomic E-state index is 0.129. The van der Waals surface area contributed by atoms with Gasteiger partial charge in [0.2, 0.25) is 0 Å². The van der Waals surface area contributed by atoms with Crippen molar-refractivity contribution in [1.82, 2.24) is 0 Å². The van der Waals surface area contributed by atoms with Crippen LogP contribution >= 0.6 is 0 Å². The summed E-state index contributed by atoms with van der Waals surface area (Å²) in [6.07, 6.45) is 16.3. The van der Waals surface area contributed by atoms with E-state index in [-0.39, 0.29) is 11.5 Å². The fourth-order valence-corrected chi connectivity index (χ4v) is 10.9. The van der Waals surface area contributed by atoms with E-state index in [0.717, 1.165) is 41.8 Å². The molecule has 38 heavy (non-hydrogen) atoms. The molecular formula is C35H56N2O. The number of hydrogen-bond acceptors (Lipinski definition) is 3. The standard InChI is InChI=1S/C35H56N2O/c1-22(2)9-8-10-23(3)26-13-14-27-25-12-16-31-33(4,5)32(38-30-15-11-24(36)21-29(30)37)18-20-35(31,7)28(25)17-19-34(26,27)6/h9,11,15,21,23,25-28,31-32H,8,10,12-14,16-20,36-37H2,1-7H3. The first kappa shape index (κ1) is 27.9. The molecule has 0 aliphatic heterocycles. The minimum Gasteiger partial charge on any atom is -0.488 e. The van der Waals surface area contributed by atoms with Crippen LogP contribution in [0.1, 0.15) is 113 Å². The van der Waals surface area contributed by atoms with Crippen molar-refractivity contribution in [3.8, 4) is 5.75 Å². The molecule has 0 radical (unpaired) electrons. The number of nitrogen functional groups attached to an aromatic ring is 2. The van der Waals surface area contributed by atoms with E-state index < -0.39 is 0 Å². The summed E-state index contributed by atoms with van der Waals surface area (Å²) in [5, 5.41) is 0. The van der Waals surface area contributed by atoms with E-state index >= 15 is 0 Å². The van der Waals surface area contributed by atoms with Crippen molar-refractivity contribution in [2.24, 2.45) is 51.8 Å². The first-order valence-electron chi connectivity index (χ1n) is 15.8. The third-order valence-corrected chi connectivity index (χ3v) is 12.8. The zero-order valence-electron chi connectivity index (χ0n) is 25.5. The Morgan fingerprint density at radius 2 is 1.66 bits per heavy atom. The van der Waals surface area contributed by atoms with Crippen LogP contribution in [0.4, 0.5) is 11.4 Å². The molecule has 0 saturated heterocycles. The number of allylic oxidation sites excluding steroid dienone is 2. The number of fused-ring (bicyclic) bond motifs is 5. The maximum atomic E-state index is 6.67. The van der Waals surface area contributed by atoms with Crippen molar-refractivity contribution in [3.63, 3.8) is 0 Å². The second-order valence-corrected chi connectivity index (χ2v) is 15.3. The zero-order valence-corrected chi connectivity index (χ0v) is 25.5. The SMILES string of the molecule is CC(C)=CCCC(C)C1CCC2C3CCC4C(C)(C)C(Oc5ccc(N)cc5N)CCC4(C)C3CCC12C. The Balaban J connectivity index is 1.31. The van der Waals surface area contributed by atoms with Crippen LogP contribution in [0, 0.1) is 51.8 Å². The molecule has 4 saturated carbocycles. The van der Waals surface area contributed by atoms with E-state index in [1.165, 1.54) is 63.4 Å². The Labute approximate surface area is 233 Å². The predicted molar refractivity (Wildman–Crippen MR) is 162 cm³/mol. The Kier molecular flexibility index (Phi) is 7.40. The lowest BCUT2D eigenvalue weighted by atomic mass is 9.41. The summed E-state index contributed by atoms with van der Waals surface area (Å²) >= 11 is 0. The number of anilines is 2. The molecule has 212 valence electrons. The highest BCUT2D eigenvalue weighted by atomic mass is 16.5. The number of ether oxygens (including phenoxy) is 1. The summed E-state index contributed by atoms with van der Waals surface area (Å²) in [5.41, 5.74) is 16.2. The van der Waals surface area contributed by atoms with Gasteiger partial charge in [0, 0.05) is 11.1 Å². The maximum Gasteiger partial charge on any atom is 0.142 e. The zero-order chi connectivity index (χ0) is 27.5. The molecule has 1 aromatic carbocycles. The molecule has 0 spiro atoms. The van der Waals surface area contributed by atoms with Gasteiger partial charge in [-0.1, -0.05) is 46.3 Å². The maximum absolute atomic E-state index is 6.67. The van der Waals surface area contributed by atoms with E-state index in [9.17, 15) is 0 Å². The fraction of sp³-hybridized carbons (Fsp3) is 0.771. The first-order valence-corrected chi connectivity index (χ1v) is 15.8. The van der Waals surface area contributed by atoms with Gasteiger partial charge in [-0.15, -0.1) is 0 Å². The van der Waals surface area contributed by atoms with Gasteiger partial charge >= 0.3 is 0 Å². The number of hydrogen-bond donors (Lipinski definition) is 2. The van der Waals surface area contributed by atoms with Crippen molar-refractivity contribution >= 4 is 11.4 Å². The summed E-state index contributed by atoms with van der Waals surface area (Å²) in [4.78, 5) is 0. The van der Waals surface area contributed by atoms with Crippen LogP contribution in [0.25, 0.3) is 0 Å². The van der Waals surface area contributed by atoms with Crippen molar-refractivity contribution in [1.29, 1.82) is 0 Å². The molecule has 3 heteroatoms. The van der Waals surface area contributed by atoms with Gasteiger partial charge in [0.25, 0.3) is 0 Å². The fourth-order valence-electron chi connectivity index (χ4n) is 10.9. The largest absolute Gasteiger partial charge is 0.488 e. The molecule has 1 aromatic rings. The molecule has 0 amide bonds. The summed E-state index contributed by atoms with van der Waals surface area (Å²) in [7, 11) is 0. The van der Waals surface area contributed by atoms with Crippen LogP contribution in [0.2, 0.25) is 0 Å². The van der Waals surface area contributed by atoms with Crippen LogP contribution in [0.3, 0.4) is 0 Å². The summed E-state index contributed by atoms with van der Waals surface area (Å²) < 4.78 is 6.67. The molecule has 4 N–H and O–H groups in total. The van der Waals surface area contributed by atoms with Gasteiger partial charge in [-0.25, -0.2) is 0 Å². The Bertz CT molecular complexity index is 1040. The molecule has 4 aliphatic carbocycles. The molecule has 9 atom stereocenters. The number of nitrogens with two attached hydrogens (primary N) is 2. The molecule has 4 fully saturated rings. The van der Waals surface area contributed by atoms with Crippen LogP contribution in [0.15, 0.2) is 29.8 Å². The summed E-state index contributed by atoms with van der Waals surface area (Å²) in [6.45, 7) is 17.4. The Hall–Kier alpha value is -1.64.